The van der Waals surface area contributed by atoms with Gasteiger partial charge in [0.15, 0.2) is 0 Å². The molecule has 17 heavy (non-hydrogen) atoms. The molecule has 1 heterocycles. The second kappa shape index (κ2) is 5.79. The maximum atomic E-state index is 13.5. The van der Waals surface area contributed by atoms with Crippen molar-refractivity contribution in [2.75, 3.05) is 19.6 Å². The number of halogens is 1. The summed E-state index contributed by atoms with van der Waals surface area (Å²) in [5.41, 5.74) is 0.825. The summed E-state index contributed by atoms with van der Waals surface area (Å²) in [6.45, 7) is 2.45. The van der Waals surface area contributed by atoms with Gasteiger partial charge in [0.1, 0.15) is 5.82 Å². The van der Waals surface area contributed by atoms with Gasteiger partial charge >= 0.3 is 0 Å². The van der Waals surface area contributed by atoms with Gasteiger partial charge in [-0.3, -0.25) is 4.90 Å². The first-order valence-corrected chi connectivity index (χ1v) is 6.12. The van der Waals surface area contributed by atoms with Gasteiger partial charge in [-0.25, -0.2) is 4.39 Å². The number of piperidine rings is 1. The van der Waals surface area contributed by atoms with E-state index in [1.165, 1.54) is 6.07 Å². The second-order valence-electron chi connectivity index (χ2n) is 4.67. The first-order chi connectivity index (χ1) is 8.29. The Morgan fingerprint density at radius 3 is 2.65 bits per heavy atom. The molecular formula is C14H17FN2. The average Bonchev–Trinajstić information content (AvgIpc) is 2.35. The van der Waals surface area contributed by atoms with Crippen molar-refractivity contribution >= 4 is 0 Å². The fraction of sp³-hybridized carbons (Fsp3) is 0.500. The molecule has 1 saturated heterocycles. The summed E-state index contributed by atoms with van der Waals surface area (Å²) in [6.07, 6.45) is 2.96. The van der Waals surface area contributed by atoms with Crippen molar-refractivity contribution in [3.8, 4) is 6.07 Å². The van der Waals surface area contributed by atoms with Crippen molar-refractivity contribution in [2.45, 2.75) is 19.3 Å². The van der Waals surface area contributed by atoms with Gasteiger partial charge in [0.25, 0.3) is 0 Å². The van der Waals surface area contributed by atoms with Gasteiger partial charge in [-0.05, 0) is 49.9 Å². The number of hydrogen-bond acceptors (Lipinski definition) is 2. The van der Waals surface area contributed by atoms with Crippen LogP contribution in [-0.2, 0) is 6.42 Å². The number of nitrogens with zero attached hydrogens (tertiary/aromatic N) is 2. The van der Waals surface area contributed by atoms with E-state index in [1.54, 1.807) is 6.07 Å². The van der Waals surface area contributed by atoms with Crippen molar-refractivity contribution < 1.29 is 4.39 Å². The van der Waals surface area contributed by atoms with Gasteiger partial charge in [0.2, 0.25) is 0 Å². The molecule has 0 amide bonds. The molecule has 0 bridgehead atoms. The molecule has 1 aromatic carbocycles. The Labute approximate surface area is 102 Å². The zero-order valence-corrected chi connectivity index (χ0v) is 9.90. The SMILES string of the molecule is N#CCN1CCC(Cc2ccccc2F)CC1. The van der Waals surface area contributed by atoms with Gasteiger partial charge < -0.3 is 0 Å². The van der Waals surface area contributed by atoms with Crippen molar-refractivity contribution in [1.82, 2.24) is 4.90 Å². The van der Waals surface area contributed by atoms with Crippen LogP contribution in [0.4, 0.5) is 4.39 Å². The summed E-state index contributed by atoms with van der Waals surface area (Å²) in [7, 11) is 0. The minimum absolute atomic E-state index is 0.0908. The van der Waals surface area contributed by atoms with Gasteiger partial charge in [-0.1, -0.05) is 18.2 Å². The number of benzene rings is 1. The lowest BCUT2D eigenvalue weighted by atomic mass is 9.90. The molecule has 2 rings (SSSR count). The minimum atomic E-state index is -0.0908. The third kappa shape index (κ3) is 3.28. The van der Waals surface area contributed by atoms with E-state index >= 15 is 0 Å². The van der Waals surface area contributed by atoms with Crippen LogP contribution in [0.2, 0.25) is 0 Å². The van der Waals surface area contributed by atoms with Gasteiger partial charge in [-0.15, -0.1) is 0 Å². The molecule has 0 radical (unpaired) electrons. The number of hydrogen-bond donors (Lipinski definition) is 0. The lowest BCUT2D eigenvalue weighted by molar-refractivity contribution is 0.201. The van der Waals surface area contributed by atoms with E-state index in [2.05, 4.69) is 11.0 Å². The molecule has 0 N–H and O–H groups in total. The third-order valence-electron chi connectivity index (χ3n) is 3.47. The second-order valence-corrected chi connectivity index (χ2v) is 4.67. The topological polar surface area (TPSA) is 27.0 Å². The first kappa shape index (κ1) is 12.1. The highest BCUT2D eigenvalue weighted by atomic mass is 19.1. The van der Waals surface area contributed by atoms with Crippen LogP contribution in [-0.4, -0.2) is 24.5 Å². The predicted molar refractivity (Wildman–Crippen MR) is 64.9 cm³/mol. The summed E-state index contributed by atoms with van der Waals surface area (Å²) in [4.78, 5) is 2.16. The van der Waals surface area contributed by atoms with E-state index in [9.17, 15) is 4.39 Å². The molecule has 0 spiro atoms. The molecule has 1 fully saturated rings. The highest BCUT2D eigenvalue weighted by Crippen LogP contribution is 2.22. The number of likely N-dealkylation sites (tertiary alicyclic amines) is 1. The maximum Gasteiger partial charge on any atom is 0.126 e. The Balaban J connectivity index is 1.86. The minimum Gasteiger partial charge on any atom is -0.291 e. The summed E-state index contributed by atoms with van der Waals surface area (Å²) in [5.74, 6) is 0.466. The van der Waals surface area contributed by atoms with E-state index in [0.717, 1.165) is 37.9 Å². The third-order valence-corrected chi connectivity index (χ3v) is 3.47. The van der Waals surface area contributed by atoms with Crippen LogP contribution in [0.5, 0.6) is 0 Å². The van der Waals surface area contributed by atoms with Crippen LogP contribution >= 0.6 is 0 Å². The molecule has 2 nitrogen and oxygen atoms in total. The molecule has 90 valence electrons. The number of nitriles is 1. The fourth-order valence-electron chi connectivity index (χ4n) is 2.42. The number of rotatable bonds is 3. The predicted octanol–water partition coefficient (Wildman–Crippen LogP) is 2.60. The lowest BCUT2D eigenvalue weighted by Crippen LogP contribution is -2.34. The Kier molecular flexibility index (Phi) is 4.11. The smallest absolute Gasteiger partial charge is 0.126 e. The quantitative estimate of drug-likeness (QED) is 0.749. The van der Waals surface area contributed by atoms with Gasteiger partial charge in [-0.2, -0.15) is 5.26 Å². The molecule has 0 atom stereocenters. The van der Waals surface area contributed by atoms with Crippen molar-refractivity contribution in [3.05, 3.63) is 35.6 Å². The maximum absolute atomic E-state index is 13.5. The summed E-state index contributed by atoms with van der Waals surface area (Å²) in [6, 6.07) is 9.20. The van der Waals surface area contributed by atoms with Crippen LogP contribution in [0.25, 0.3) is 0 Å². The first-order valence-electron chi connectivity index (χ1n) is 6.12. The van der Waals surface area contributed by atoms with E-state index in [-0.39, 0.29) is 5.82 Å². The molecule has 1 aliphatic heterocycles. The standard InChI is InChI=1S/C14H17FN2/c15-14-4-2-1-3-13(14)11-12-5-8-17(9-6-12)10-7-16/h1-4,12H,5-6,8-11H2. The normalized spacial score (nSPS) is 17.9. The van der Waals surface area contributed by atoms with Crippen LogP contribution in [0.1, 0.15) is 18.4 Å². The lowest BCUT2D eigenvalue weighted by Gasteiger charge is -2.30. The molecule has 1 aliphatic rings. The Bertz CT molecular complexity index is 403. The molecule has 0 aliphatic carbocycles. The molecule has 3 heteroatoms. The van der Waals surface area contributed by atoms with E-state index in [4.69, 9.17) is 5.26 Å². The van der Waals surface area contributed by atoms with Crippen molar-refractivity contribution in [1.29, 1.82) is 5.26 Å². The highest BCUT2D eigenvalue weighted by molar-refractivity contribution is 5.17. The Morgan fingerprint density at radius 1 is 1.29 bits per heavy atom. The Morgan fingerprint density at radius 2 is 2.00 bits per heavy atom. The molecule has 1 aromatic rings. The average molecular weight is 232 g/mol. The Hall–Kier alpha value is -1.40. The zero-order chi connectivity index (χ0) is 12.1. The molecule has 0 saturated carbocycles. The summed E-state index contributed by atoms with van der Waals surface area (Å²) in [5, 5.41) is 8.61. The van der Waals surface area contributed by atoms with E-state index < -0.39 is 0 Å². The molecule has 0 aromatic heterocycles. The van der Waals surface area contributed by atoms with E-state index in [1.807, 2.05) is 12.1 Å². The van der Waals surface area contributed by atoms with Gasteiger partial charge in [0.05, 0.1) is 12.6 Å². The molecule has 0 unspecified atom stereocenters. The van der Waals surface area contributed by atoms with E-state index in [0.29, 0.717) is 12.5 Å². The van der Waals surface area contributed by atoms with Crippen LogP contribution in [0.3, 0.4) is 0 Å². The molecular weight excluding hydrogens is 215 g/mol. The highest BCUT2D eigenvalue weighted by Gasteiger charge is 2.19. The monoisotopic (exact) mass is 232 g/mol. The fourth-order valence-corrected chi connectivity index (χ4v) is 2.42. The summed E-state index contributed by atoms with van der Waals surface area (Å²) >= 11 is 0. The van der Waals surface area contributed by atoms with Crippen LogP contribution < -0.4 is 0 Å². The summed E-state index contributed by atoms with van der Waals surface area (Å²) < 4.78 is 13.5. The van der Waals surface area contributed by atoms with Crippen LogP contribution in [0.15, 0.2) is 24.3 Å². The van der Waals surface area contributed by atoms with Crippen molar-refractivity contribution in [2.24, 2.45) is 5.92 Å². The zero-order valence-electron chi connectivity index (χ0n) is 9.90. The van der Waals surface area contributed by atoms with Crippen LogP contribution in [0, 0.1) is 23.1 Å². The largest absolute Gasteiger partial charge is 0.291 e. The van der Waals surface area contributed by atoms with Crippen molar-refractivity contribution in [3.63, 3.8) is 0 Å². The van der Waals surface area contributed by atoms with Gasteiger partial charge in [0, 0.05) is 0 Å².